The molecule has 0 fully saturated rings. The maximum atomic E-state index is 5.54. The van der Waals surface area contributed by atoms with Crippen molar-refractivity contribution >= 4 is 21.7 Å². The maximum Gasteiger partial charge on any atom is 0.325 e. The first-order valence-electron chi connectivity index (χ1n) is 4.10. The molecular weight excluding hydrogens is 262 g/mol. The Labute approximate surface area is 94.2 Å². The quantitative estimate of drug-likeness (QED) is 0.833. The Bertz CT molecular complexity index is 463. The molecule has 0 amide bonds. The highest BCUT2D eigenvalue weighted by Gasteiger charge is 2.04. The van der Waals surface area contributed by atoms with Crippen LogP contribution in [0.1, 0.15) is 0 Å². The number of nitrogens with zero attached hydrogens (tertiary/aromatic N) is 4. The molecule has 0 unspecified atom stereocenters. The van der Waals surface area contributed by atoms with Crippen LogP contribution in [0.4, 0.5) is 5.82 Å². The summed E-state index contributed by atoms with van der Waals surface area (Å²) in [7, 11) is 1.79. The van der Waals surface area contributed by atoms with Crippen molar-refractivity contribution in [3.05, 3.63) is 23.1 Å². The minimum atomic E-state index is 0.190. The van der Waals surface area contributed by atoms with E-state index in [2.05, 4.69) is 31.0 Å². The van der Waals surface area contributed by atoms with Gasteiger partial charge in [0, 0.05) is 13.1 Å². The van der Waals surface area contributed by atoms with E-state index < -0.39 is 0 Å². The van der Waals surface area contributed by atoms with Crippen molar-refractivity contribution in [1.82, 2.24) is 19.7 Å². The predicted molar refractivity (Wildman–Crippen MR) is 57.4 cm³/mol. The number of halogens is 1. The first-order valence-corrected chi connectivity index (χ1v) is 4.89. The summed E-state index contributed by atoms with van der Waals surface area (Å²) in [6.07, 6.45) is 3.28. The smallest absolute Gasteiger partial charge is 0.325 e. The van der Waals surface area contributed by atoms with Gasteiger partial charge in [-0.2, -0.15) is 15.1 Å². The van der Waals surface area contributed by atoms with Gasteiger partial charge in [0.1, 0.15) is 10.4 Å². The number of rotatable bonds is 2. The van der Waals surface area contributed by atoms with Gasteiger partial charge in [-0.3, -0.25) is 4.68 Å². The largest absolute Gasteiger partial charge is 0.421 e. The van der Waals surface area contributed by atoms with Crippen molar-refractivity contribution in [3.8, 4) is 11.8 Å². The fourth-order valence-electron chi connectivity index (χ4n) is 1.02. The molecule has 0 saturated heterocycles. The van der Waals surface area contributed by atoms with Gasteiger partial charge in [0.25, 0.3) is 0 Å². The van der Waals surface area contributed by atoms with Crippen LogP contribution in [0.5, 0.6) is 11.8 Å². The van der Waals surface area contributed by atoms with Crippen molar-refractivity contribution < 1.29 is 4.74 Å². The second-order valence-electron chi connectivity index (χ2n) is 2.85. The highest BCUT2D eigenvalue weighted by Crippen LogP contribution is 2.19. The van der Waals surface area contributed by atoms with Crippen LogP contribution in [0, 0.1) is 0 Å². The molecule has 78 valence electrons. The summed E-state index contributed by atoms with van der Waals surface area (Å²) in [5.41, 5.74) is 5.54. The van der Waals surface area contributed by atoms with Crippen LogP contribution in [0.15, 0.2) is 23.1 Å². The summed E-state index contributed by atoms with van der Waals surface area (Å²) >= 11 is 3.20. The van der Waals surface area contributed by atoms with Gasteiger partial charge in [0.15, 0.2) is 5.75 Å². The van der Waals surface area contributed by atoms with E-state index in [0.717, 1.165) is 0 Å². The topological polar surface area (TPSA) is 78.9 Å². The fourth-order valence-corrected chi connectivity index (χ4v) is 1.40. The van der Waals surface area contributed by atoms with E-state index in [1.807, 2.05) is 0 Å². The third-order valence-corrected chi connectivity index (χ3v) is 1.99. The maximum absolute atomic E-state index is 5.54. The molecule has 6 nitrogen and oxygen atoms in total. The predicted octanol–water partition coefficient (Wildman–Crippen LogP) is 1.35. The van der Waals surface area contributed by atoms with Crippen LogP contribution < -0.4 is 10.5 Å². The lowest BCUT2D eigenvalue weighted by atomic mass is 10.6. The molecule has 0 aliphatic carbocycles. The van der Waals surface area contributed by atoms with Gasteiger partial charge in [0.05, 0.1) is 12.4 Å². The minimum absolute atomic E-state index is 0.190. The highest BCUT2D eigenvalue weighted by molar-refractivity contribution is 9.10. The third-order valence-electron chi connectivity index (χ3n) is 1.58. The Balaban J connectivity index is 2.24. The van der Waals surface area contributed by atoms with Crippen LogP contribution in [-0.4, -0.2) is 19.7 Å². The van der Waals surface area contributed by atoms with Gasteiger partial charge in [-0.15, -0.1) is 0 Å². The summed E-state index contributed by atoms with van der Waals surface area (Å²) in [4.78, 5) is 7.92. The van der Waals surface area contributed by atoms with Gasteiger partial charge in [-0.1, -0.05) is 0 Å². The second kappa shape index (κ2) is 3.85. The molecule has 0 aromatic carbocycles. The van der Waals surface area contributed by atoms with Crippen LogP contribution in [-0.2, 0) is 7.05 Å². The standard InChI is InChI=1S/C8H8BrN5O/c1-14-4-5(3-11-14)15-8-12-6(9)2-7(10)13-8/h2-4H,1H3,(H2,10,12,13). The average Bonchev–Trinajstić information content (AvgIpc) is 2.49. The first kappa shape index (κ1) is 9.91. The van der Waals surface area contributed by atoms with Crippen LogP contribution in [0.3, 0.4) is 0 Å². The molecule has 0 aliphatic rings. The first-order chi connectivity index (χ1) is 7.13. The molecule has 15 heavy (non-hydrogen) atoms. The van der Waals surface area contributed by atoms with Crippen molar-refractivity contribution in [3.63, 3.8) is 0 Å². The van der Waals surface area contributed by atoms with Crippen LogP contribution >= 0.6 is 15.9 Å². The van der Waals surface area contributed by atoms with Crippen molar-refractivity contribution in [2.45, 2.75) is 0 Å². The van der Waals surface area contributed by atoms with Crippen LogP contribution in [0.2, 0.25) is 0 Å². The number of aryl methyl sites for hydroxylation is 1. The van der Waals surface area contributed by atoms with E-state index in [0.29, 0.717) is 16.2 Å². The number of hydrogen-bond donors (Lipinski definition) is 1. The number of anilines is 1. The van der Waals surface area contributed by atoms with Gasteiger partial charge in [-0.05, 0) is 15.9 Å². The van der Waals surface area contributed by atoms with E-state index in [1.165, 1.54) is 0 Å². The SMILES string of the molecule is Cn1cc(Oc2nc(N)cc(Br)n2)cn1. The third kappa shape index (κ3) is 2.44. The molecule has 2 N–H and O–H groups in total. The number of aromatic nitrogens is 4. The summed E-state index contributed by atoms with van der Waals surface area (Å²) in [5, 5.41) is 3.95. The molecule has 0 spiro atoms. The monoisotopic (exact) mass is 269 g/mol. The summed E-state index contributed by atoms with van der Waals surface area (Å²) in [6, 6.07) is 1.78. The van der Waals surface area contributed by atoms with E-state index in [1.54, 1.807) is 30.2 Å². The highest BCUT2D eigenvalue weighted by atomic mass is 79.9. The van der Waals surface area contributed by atoms with Gasteiger partial charge in [-0.25, -0.2) is 0 Å². The Morgan fingerprint density at radius 1 is 1.47 bits per heavy atom. The average molecular weight is 270 g/mol. The van der Waals surface area contributed by atoms with Gasteiger partial charge >= 0.3 is 6.01 Å². The van der Waals surface area contributed by atoms with Gasteiger partial charge in [0.2, 0.25) is 0 Å². The molecule has 0 atom stereocenters. The lowest BCUT2D eigenvalue weighted by Crippen LogP contribution is -1.96. The van der Waals surface area contributed by atoms with E-state index in [-0.39, 0.29) is 6.01 Å². The molecule has 0 bridgehead atoms. The molecule has 0 radical (unpaired) electrons. The van der Waals surface area contributed by atoms with E-state index in [4.69, 9.17) is 10.5 Å². The van der Waals surface area contributed by atoms with E-state index >= 15 is 0 Å². The normalized spacial score (nSPS) is 10.3. The number of hydrogen-bond acceptors (Lipinski definition) is 5. The molecule has 2 aromatic rings. The van der Waals surface area contributed by atoms with E-state index in [9.17, 15) is 0 Å². The lowest BCUT2D eigenvalue weighted by Gasteiger charge is -2.01. The lowest BCUT2D eigenvalue weighted by molar-refractivity contribution is 0.441. The second-order valence-corrected chi connectivity index (χ2v) is 3.66. The molecule has 2 rings (SSSR count). The summed E-state index contributed by atoms with van der Waals surface area (Å²) in [6.45, 7) is 0. The number of nitrogen functional groups attached to an aromatic ring is 1. The number of ether oxygens (including phenoxy) is 1. The molecule has 2 aromatic heterocycles. The zero-order valence-electron chi connectivity index (χ0n) is 7.88. The summed E-state index contributed by atoms with van der Waals surface area (Å²) < 4.78 is 7.54. The summed E-state index contributed by atoms with van der Waals surface area (Å²) in [5.74, 6) is 0.908. The van der Waals surface area contributed by atoms with Crippen LogP contribution in [0.25, 0.3) is 0 Å². The number of nitrogens with two attached hydrogens (primary N) is 1. The Kier molecular flexibility index (Phi) is 2.55. The fraction of sp³-hybridized carbons (Fsp3) is 0.125. The Morgan fingerprint density at radius 2 is 2.27 bits per heavy atom. The minimum Gasteiger partial charge on any atom is -0.421 e. The Hall–Kier alpha value is -1.63. The zero-order valence-corrected chi connectivity index (χ0v) is 9.47. The Morgan fingerprint density at radius 3 is 2.87 bits per heavy atom. The molecular formula is C8H8BrN5O. The molecule has 2 heterocycles. The van der Waals surface area contributed by atoms with Crippen molar-refractivity contribution in [2.75, 3.05) is 5.73 Å². The molecule has 7 heteroatoms. The van der Waals surface area contributed by atoms with Crippen molar-refractivity contribution in [1.29, 1.82) is 0 Å². The molecule has 0 aliphatic heterocycles. The van der Waals surface area contributed by atoms with Gasteiger partial charge < -0.3 is 10.5 Å². The van der Waals surface area contributed by atoms with Crippen molar-refractivity contribution in [2.24, 2.45) is 7.05 Å². The zero-order chi connectivity index (χ0) is 10.8. The molecule has 0 saturated carbocycles.